The second-order valence-corrected chi connectivity index (χ2v) is 7.54. The smallest absolute Gasteiger partial charge is 0.165 e. The lowest BCUT2D eigenvalue weighted by Crippen LogP contribution is -2.22. The second-order valence-electron chi connectivity index (χ2n) is 7.54. The highest BCUT2D eigenvalue weighted by atomic mass is 19.2. The van der Waals surface area contributed by atoms with Gasteiger partial charge in [-0.15, -0.1) is 0 Å². The standard InChI is InChI=1S/C22H27F3O/c1-2-3-15-4-6-17(7-5-15)18-8-10-19(11-9-18)26-14-16-12-20(23)22(25)21(24)13-16/h2-3,8-11,15-17,20H,4-7,12-14H2,1H3/b3-2+/t15?,16-,17?,20-/m1/s1. The molecule has 0 amide bonds. The van der Waals surface area contributed by atoms with Crippen molar-refractivity contribution in [3.8, 4) is 5.75 Å². The van der Waals surface area contributed by atoms with Crippen LogP contribution < -0.4 is 4.74 Å². The maximum Gasteiger partial charge on any atom is 0.165 e. The van der Waals surface area contributed by atoms with Crippen molar-refractivity contribution in [1.29, 1.82) is 0 Å². The predicted octanol–water partition coefficient (Wildman–Crippen LogP) is 6.81. The zero-order valence-corrected chi connectivity index (χ0v) is 15.3. The van der Waals surface area contributed by atoms with E-state index in [1.165, 1.54) is 31.2 Å². The van der Waals surface area contributed by atoms with Gasteiger partial charge in [0.2, 0.25) is 0 Å². The number of hydrogen-bond donors (Lipinski definition) is 0. The van der Waals surface area contributed by atoms with E-state index in [1.807, 2.05) is 12.1 Å². The van der Waals surface area contributed by atoms with Crippen LogP contribution in [0.2, 0.25) is 0 Å². The molecule has 0 unspecified atom stereocenters. The molecule has 2 atom stereocenters. The van der Waals surface area contributed by atoms with Gasteiger partial charge in [0, 0.05) is 12.3 Å². The van der Waals surface area contributed by atoms with Crippen LogP contribution in [-0.2, 0) is 0 Å². The van der Waals surface area contributed by atoms with Gasteiger partial charge in [-0.05, 0) is 68.6 Å². The molecule has 0 N–H and O–H groups in total. The zero-order valence-electron chi connectivity index (χ0n) is 15.3. The zero-order chi connectivity index (χ0) is 18.5. The van der Waals surface area contributed by atoms with Crippen LogP contribution in [0.1, 0.15) is 56.9 Å². The highest BCUT2D eigenvalue weighted by Crippen LogP contribution is 2.37. The molecule has 26 heavy (non-hydrogen) atoms. The molecule has 4 heteroatoms. The number of hydrogen-bond acceptors (Lipinski definition) is 1. The van der Waals surface area contributed by atoms with Crippen LogP contribution in [0.3, 0.4) is 0 Å². The maximum absolute atomic E-state index is 13.4. The molecule has 1 nitrogen and oxygen atoms in total. The molecule has 0 saturated heterocycles. The Balaban J connectivity index is 1.49. The summed E-state index contributed by atoms with van der Waals surface area (Å²) in [6.45, 7) is 2.28. The number of ether oxygens (including phenoxy) is 1. The summed E-state index contributed by atoms with van der Waals surface area (Å²) in [4.78, 5) is 0. The van der Waals surface area contributed by atoms with Crippen LogP contribution in [0.25, 0.3) is 0 Å². The Hall–Kier alpha value is -1.71. The Morgan fingerprint density at radius 1 is 1.08 bits per heavy atom. The second kappa shape index (κ2) is 8.79. The summed E-state index contributed by atoms with van der Waals surface area (Å²) in [6.07, 6.45) is 7.38. The van der Waals surface area contributed by atoms with Crippen molar-refractivity contribution in [2.75, 3.05) is 6.61 Å². The molecule has 0 radical (unpaired) electrons. The lowest BCUT2D eigenvalue weighted by Gasteiger charge is -2.27. The van der Waals surface area contributed by atoms with E-state index in [9.17, 15) is 13.2 Å². The summed E-state index contributed by atoms with van der Waals surface area (Å²) in [7, 11) is 0. The lowest BCUT2D eigenvalue weighted by atomic mass is 9.78. The topological polar surface area (TPSA) is 9.23 Å². The third-order valence-corrected chi connectivity index (χ3v) is 5.62. The summed E-state index contributed by atoms with van der Waals surface area (Å²) in [5.41, 5.74) is 1.33. The third kappa shape index (κ3) is 4.72. The molecule has 0 spiro atoms. The molecular formula is C22H27F3O. The minimum atomic E-state index is -1.84. The van der Waals surface area contributed by atoms with Gasteiger partial charge in [0.25, 0.3) is 0 Å². The maximum atomic E-state index is 13.4. The van der Waals surface area contributed by atoms with Crippen molar-refractivity contribution in [2.45, 2.75) is 57.5 Å². The average Bonchev–Trinajstić information content (AvgIpc) is 2.66. The Bertz CT molecular complexity index is 642. The van der Waals surface area contributed by atoms with Crippen molar-refractivity contribution < 1.29 is 17.9 Å². The Morgan fingerprint density at radius 2 is 1.77 bits per heavy atom. The van der Waals surface area contributed by atoms with Gasteiger partial charge in [-0.25, -0.2) is 13.2 Å². The Labute approximate surface area is 153 Å². The summed E-state index contributed by atoms with van der Waals surface area (Å²) >= 11 is 0. The summed E-state index contributed by atoms with van der Waals surface area (Å²) in [5.74, 6) is -0.532. The number of alkyl halides is 1. The van der Waals surface area contributed by atoms with E-state index in [0.717, 1.165) is 0 Å². The third-order valence-electron chi connectivity index (χ3n) is 5.62. The van der Waals surface area contributed by atoms with Gasteiger partial charge in [-0.2, -0.15) is 0 Å². The SMILES string of the molecule is C/C=C/C1CCC(c2ccc(OC[C@H]3CC(F)=C(F)[C@H](F)C3)cc2)CC1. The molecule has 142 valence electrons. The highest BCUT2D eigenvalue weighted by Gasteiger charge is 2.30. The average molecular weight is 364 g/mol. The van der Waals surface area contributed by atoms with Crippen LogP contribution >= 0.6 is 0 Å². The quantitative estimate of drug-likeness (QED) is 0.521. The highest BCUT2D eigenvalue weighted by molar-refractivity contribution is 5.30. The van der Waals surface area contributed by atoms with E-state index < -0.39 is 17.8 Å². The van der Waals surface area contributed by atoms with Crippen LogP contribution in [0.4, 0.5) is 13.2 Å². The number of benzene rings is 1. The molecule has 3 rings (SSSR count). The summed E-state index contributed by atoms with van der Waals surface area (Å²) in [5, 5.41) is 0. The fraction of sp³-hybridized carbons (Fsp3) is 0.545. The molecule has 1 fully saturated rings. The molecule has 0 bridgehead atoms. The van der Waals surface area contributed by atoms with Crippen molar-refractivity contribution in [1.82, 2.24) is 0 Å². The van der Waals surface area contributed by atoms with Crippen LogP contribution in [-0.4, -0.2) is 12.8 Å². The van der Waals surface area contributed by atoms with Crippen LogP contribution in [0.15, 0.2) is 48.1 Å². The molecule has 1 aromatic rings. The van der Waals surface area contributed by atoms with E-state index in [1.54, 1.807) is 0 Å². The van der Waals surface area contributed by atoms with Crippen molar-refractivity contribution >= 4 is 0 Å². The van der Waals surface area contributed by atoms with Crippen LogP contribution in [0.5, 0.6) is 5.75 Å². The van der Waals surface area contributed by atoms with E-state index in [0.29, 0.717) is 17.6 Å². The normalized spacial score (nSPS) is 30.0. The molecule has 0 heterocycles. The summed E-state index contributed by atoms with van der Waals surface area (Å²) < 4.78 is 45.5. The largest absolute Gasteiger partial charge is 0.493 e. The van der Waals surface area contributed by atoms with Gasteiger partial charge >= 0.3 is 0 Å². The fourth-order valence-corrected chi connectivity index (χ4v) is 4.09. The Morgan fingerprint density at radius 3 is 2.38 bits per heavy atom. The van der Waals surface area contributed by atoms with E-state index >= 15 is 0 Å². The number of rotatable bonds is 5. The van der Waals surface area contributed by atoms with Gasteiger partial charge in [-0.3, -0.25) is 0 Å². The van der Waals surface area contributed by atoms with Crippen LogP contribution in [0, 0.1) is 11.8 Å². The van der Waals surface area contributed by atoms with Crippen molar-refractivity contribution in [3.63, 3.8) is 0 Å². The van der Waals surface area contributed by atoms with Gasteiger partial charge in [0.1, 0.15) is 11.6 Å². The first kappa shape index (κ1) is 19.1. The molecule has 1 saturated carbocycles. The molecule has 2 aliphatic carbocycles. The Kier molecular flexibility index (Phi) is 6.44. The first-order valence-corrected chi connectivity index (χ1v) is 9.60. The monoisotopic (exact) mass is 364 g/mol. The molecule has 2 aliphatic rings. The first-order valence-electron chi connectivity index (χ1n) is 9.60. The van der Waals surface area contributed by atoms with Gasteiger partial charge in [0.05, 0.1) is 6.61 Å². The molecule has 0 aliphatic heterocycles. The van der Waals surface area contributed by atoms with E-state index in [-0.39, 0.29) is 25.4 Å². The first-order chi connectivity index (χ1) is 12.6. The molecular weight excluding hydrogens is 337 g/mol. The lowest BCUT2D eigenvalue weighted by molar-refractivity contribution is 0.167. The van der Waals surface area contributed by atoms with Gasteiger partial charge in [0.15, 0.2) is 12.0 Å². The molecule has 1 aromatic carbocycles. The minimum absolute atomic E-state index is 0.0210. The number of halogens is 3. The predicted molar refractivity (Wildman–Crippen MR) is 98.3 cm³/mol. The number of allylic oxidation sites excluding steroid dienone is 4. The fourth-order valence-electron chi connectivity index (χ4n) is 4.09. The van der Waals surface area contributed by atoms with E-state index in [2.05, 4.69) is 31.2 Å². The van der Waals surface area contributed by atoms with Crippen molar-refractivity contribution in [3.05, 3.63) is 53.6 Å². The van der Waals surface area contributed by atoms with Crippen molar-refractivity contribution in [2.24, 2.45) is 11.8 Å². The van der Waals surface area contributed by atoms with Gasteiger partial charge < -0.3 is 4.74 Å². The molecule has 0 aromatic heterocycles. The minimum Gasteiger partial charge on any atom is -0.493 e. The van der Waals surface area contributed by atoms with E-state index in [4.69, 9.17) is 4.74 Å². The summed E-state index contributed by atoms with van der Waals surface area (Å²) in [6, 6.07) is 8.04. The van der Waals surface area contributed by atoms with Gasteiger partial charge in [-0.1, -0.05) is 24.3 Å².